The Bertz CT molecular complexity index is 1470. The van der Waals surface area contributed by atoms with Crippen LogP contribution in [-0.4, -0.2) is 62.5 Å². The van der Waals surface area contributed by atoms with Crippen LogP contribution >= 0.6 is 0 Å². The van der Waals surface area contributed by atoms with Gasteiger partial charge in [-0.25, -0.2) is 28.7 Å². The first kappa shape index (κ1) is 26.9. The van der Waals surface area contributed by atoms with Gasteiger partial charge in [-0.05, 0) is 55.6 Å². The summed E-state index contributed by atoms with van der Waals surface area (Å²) in [6, 6.07) is 6.34. The lowest BCUT2D eigenvalue weighted by Crippen LogP contribution is -2.31. The highest BCUT2D eigenvalue weighted by Gasteiger charge is 2.25. The number of benzene rings is 1. The number of fused-ring (bicyclic) bond motifs is 2. The number of anilines is 1. The average molecular weight is 536 g/mol. The van der Waals surface area contributed by atoms with Crippen LogP contribution in [0.2, 0.25) is 0 Å². The normalized spacial score (nSPS) is 13.8. The van der Waals surface area contributed by atoms with E-state index in [4.69, 9.17) is 14.7 Å². The molecule has 5 rings (SSSR count). The first-order valence-electron chi connectivity index (χ1n) is 13.4. The molecule has 4 aromatic rings. The van der Waals surface area contributed by atoms with E-state index in [0.29, 0.717) is 37.7 Å². The molecule has 1 aliphatic rings. The highest BCUT2D eigenvalue weighted by atomic mass is 19.3. The Morgan fingerprint density at radius 1 is 1.10 bits per heavy atom. The fraction of sp³-hybridized carbons (Fsp3) is 0.448. The number of aromatic amines is 1. The predicted molar refractivity (Wildman–Crippen MR) is 148 cm³/mol. The van der Waals surface area contributed by atoms with Gasteiger partial charge >= 0.3 is 0 Å². The Balaban J connectivity index is 1.52. The summed E-state index contributed by atoms with van der Waals surface area (Å²) in [7, 11) is 0. The highest BCUT2D eigenvalue weighted by Crippen LogP contribution is 2.36. The maximum absolute atomic E-state index is 13.1. The third kappa shape index (κ3) is 5.71. The maximum Gasteiger partial charge on any atom is 0.251 e. The van der Waals surface area contributed by atoms with Crippen molar-refractivity contribution in [2.24, 2.45) is 0 Å². The number of aromatic nitrogens is 5. The van der Waals surface area contributed by atoms with Crippen LogP contribution in [0.15, 0.2) is 30.7 Å². The number of pyridine rings is 1. The fourth-order valence-electron chi connectivity index (χ4n) is 5.36. The van der Waals surface area contributed by atoms with Crippen molar-refractivity contribution in [3.63, 3.8) is 0 Å². The van der Waals surface area contributed by atoms with Crippen LogP contribution in [0.25, 0.3) is 22.3 Å². The van der Waals surface area contributed by atoms with Gasteiger partial charge in [0, 0.05) is 35.1 Å². The Morgan fingerprint density at radius 2 is 1.92 bits per heavy atom. The zero-order valence-electron chi connectivity index (χ0n) is 23.1. The van der Waals surface area contributed by atoms with E-state index in [-0.39, 0.29) is 19.0 Å². The van der Waals surface area contributed by atoms with Crippen molar-refractivity contribution in [1.82, 2.24) is 29.8 Å². The Morgan fingerprint density at radius 3 is 2.67 bits per heavy atom. The van der Waals surface area contributed by atoms with E-state index in [1.165, 1.54) is 0 Å². The van der Waals surface area contributed by atoms with Crippen molar-refractivity contribution in [3.05, 3.63) is 58.9 Å². The van der Waals surface area contributed by atoms with Gasteiger partial charge in [0.25, 0.3) is 6.43 Å². The minimum atomic E-state index is -2.40. The van der Waals surface area contributed by atoms with Gasteiger partial charge in [0.15, 0.2) is 5.65 Å². The van der Waals surface area contributed by atoms with Crippen LogP contribution in [0.3, 0.4) is 0 Å². The molecular weight excluding hydrogens is 500 g/mol. The van der Waals surface area contributed by atoms with Crippen LogP contribution in [-0.2, 0) is 13.1 Å². The molecule has 0 aliphatic carbocycles. The van der Waals surface area contributed by atoms with Gasteiger partial charge in [-0.2, -0.15) is 0 Å². The van der Waals surface area contributed by atoms with E-state index >= 15 is 0 Å². The highest BCUT2D eigenvalue weighted by molar-refractivity contribution is 5.78. The number of halogens is 2. The Labute approximate surface area is 227 Å². The second-order valence-electron chi connectivity index (χ2n) is 10.4. The monoisotopic (exact) mass is 535 g/mol. The van der Waals surface area contributed by atoms with E-state index < -0.39 is 6.43 Å². The summed E-state index contributed by atoms with van der Waals surface area (Å²) >= 11 is 0. The second kappa shape index (κ2) is 11.2. The summed E-state index contributed by atoms with van der Waals surface area (Å²) in [5.74, 6) is 2.49. The number of ether oxygens (including phenoxy) is 1. The van der Waals surface area contributed by atoms with Crippen LogP contribution in [0, 0.1) is 13.8 Å². The largest absolute Gasteiger partial charge is 0.491 e. The topological polar surface area (TPSA) is 83.1 Å². The smallest absolute Gasteiger partial charge is 0.251 e. The van der Waals surface area contributed by atoms with Crippen LogP contribution in [0.5, 0.6) is 5.75 Å². The molecule has 1 aliphatic heterocycles. The van der Waals surface area contributed by atoms with Gasteiger partial charge in [0.05, 0.1) is 31.5 Å². The number of nitrogens with one attached hydrogen (secondary N) is 1. The van der Waals surface area contributed by atoms with Crippen molar-refractivity contribution >= 4 is 17.0 Å². The molecule has 0 saturated carbocycles. The summed E-state index contributed by atoms with van der Waals surface area (Å²) in [6.07, 6.45) is 1.09. The minimum Gasteiger partial charge on any atom is -0.491 e. The van der Waals surface area contributed by atoms with Gasteiger partial charge in [0.1, 0.15) is 24.0 Å². The number of alkyl halides is 2. The predicted octanol–water partition coefficient (Wildman–Crippen LogP) is 5.64. The van der Waals surface area contributed by atoms with Gasteiger partial charge in [-0.15, -0.1) is 0 Å². The van der Waals surface area contributed by atoms with Crippen molar-refractivity contribution in [3.8, 4) is 16.9 Å². The van der Waals surface area contributed by atoms with Crippen molar-refractivity contribution < 1.29 is 13.5 Å². The fourth-order valence-corrected chi connectivity index (χ4v) is 5.36. The standard InChI is InChI=1S/C29H35F2N7O/c1-6-37(14-24(30)31)15-25-35-19(5)26(17(2)3)29(36-25)38-7-8-39-27-18(4)9-20(10-22(27)13-38)21-11-23-28(32-12-21)34-16-33-23/h9-12,16-17,24H,6-8,13-15H2,1-5H3,(H,32,33,34). The minimum absolute atomic E-state index is 0.196. The zero-order chi connectivity index (χ0) is 27.7. The van der Waals surface area contributed by atoms with E-state index in [1.54, 1.807) is 11.2 Å². The van der Waals surface area contributed by atoms with E-state index in [9.17, 15) is 8.78 Å². The van der Waals surface area contributed by atoms with E-state index in [2.05, 4.69) is 58.8 Å². The molecule has 0 bridgehead atoms. The quantitative estimate of drug-likeness (QED) is 0.313. The lowest BCUT2D eigenvalue weighted by atomic mass is 9.99. The molecule has 0 unspecified atom stereocenters. The molecule has 4 heterocycles. The molecule has 206 valence electrons. The Kier molecular flexibility index (Phi) is 7.74. The summed E-state index contributed by atoms with van der Waals surface area (Å²) in [4.78, 5) is 25.5. The van der Waals surface area contributed by atoms with Crippen molar-refractivity contribution in [2.45, 2.75) is 60.1 Å². The van der Waals surface area contributed by atoms with Gasteiger partial charge < -0.3 is 14.6 Å². The average Bonchev–Trinajstić information content (AvgIpc) is 3.25. The third-order valence-corrected chi connectivity index (χ3v) is 7.17. The van der Waals surface area contributed by atoms with Crippen LogP contribution in [0.4, 0.5) is 14.6 Å². The first-order valence-corrected chi connectivity index (χ1v) is 13.4. The molecular formula is C29H35F2N7O. The SMILES string of the molecule is CCN(Cc1nc(C)c(C(C)C)c(N2CCOc3c(C)cc(-c4cnc5nc[nH]c5c4)cc3C2)n1)CC(F)F. The lowest BCUT2D eigenvalue weighted by Gasteiger charge is -2.27. The molecule has 0 spiro atoms. The number of aryl methyl sites for hydroxylation is 2. The molecule has 0 atom stereocenters. The van der Waals surface area contributed by atoms with Gasteiger partial charge in [-0.3, -0.25) is 4.90 Å². The summed E-state index contributed by atoms with van der Waals surface area (Å²) in [5.41, 5.74) is 7.69. The first-order chi connectivity index (χ1) is 18.7. The number of imidazole rings is 1. The number of rotatable bonds is 8. The molecule has 3 aromatic heterocycles. The number of H-pyrrole nitrogens is 1. The molecule has 10 heteroatoms. The Hall–Kier alpha value is -3.66. The molecule has 0 saturated heterocycles. The number of hydrogen-bond acceptors (Lipinski definition) is 7. The number of nitrogens with zero attached hydrogens (tertiary/aromatic N) is 6. The van der Waals surface area contributed by atoms with Crippen molar-refractivity contribution in [1.29, 1.82) is 0 Å². The lowest BCUT2D eigenvalue weighted by molar-refractivity contribution is 0.0862. The summed E-state index contributed by atoms with van der Waals surface area (Å²) < 4.78 is 32.5. The molecule has 0 fully saturated rings. The molecule has 1 N–H and O–H groups in total. The zero-order valence-corrected chi connectivity index (χ0v) is 23.1. The van der Waals surface area contributed by atoms with Crippen molar-refractivity contribution in [2.75, 3.05) is 31.1 Å². The molecule has 1 aromatic carbocycles. The van der Waals surface area contributed by atoms with Crippen LogP contribution < -0.4 is 9.64 Å². The molecule has 0 radical (unpaired) electrons. The molecule has 0 amide bonds. The molecule has 39 heavy (non-hydrogen) atoms. The summed E-state index contributed by atoms with van der Waals surface area (Å²) in [6.45, 7) is 12.4. The third-order valence-electron chi connectivity index (χ3n) is 7.17. The summed E-state index contributed by atoms with van der Waals surface area (Å²) in [5, 5.41) is 0. The van der Waals surface area contributed by atoms with Crippen LogP contribution in [0.1, 0.15) is 54.9 Å². The molecule has 8 nitrogen and oxygen atoms in total. The van der Waals surface area contributed by atoms with Gasteiger partial charge in [-0.1, -0.05) is 20.8 Å². The maximum atomic E-state index is 13.1. The van der Waals surface area contributed by atoms with E-state index in [0.717, 1.165) is 50.6 Å². The number of hydrogen-bond donors (Lipinski definition) is 1. The van der Waals surface area contributed by atoms with E-state index in [1.807, 2.05) is 20.0 Å². The van der Waals surface area contributed by atoms with Gasteiger partial charge in [0.2, 0.25) is 0 Å². The second-order valence-corrected chi connectivity index (χ2v) is 10.4.